The Bertz CT molecular complexity index is 575. The lowest BCUT2D eigenvalue weighted by Gasteiger charge is -2.31. The van der Waals surface area contributed by atoms with Crippen LogP contribution < -0.4 is 10.6 Å². The standard InChI is InChI=1S/C17H23N3S/c1-16(2,3)13-6-4-12(5-7-13)14-15(21)20-17(19-14)8-10-18-11-9-17/h4-7,18H,8-11H2,1-3H3,(H,20,21). The third-order valence-electron chi connectivity index (χ3n) is 4.34. The van der Waals surface area contributed by atoms with Crippen LogP contribution in [0.2, 0.25) is 0 Å². The predicted molar refractivity (Wildman–Crippen MR) is 92.2 cm³/mol. The number of benzene rings is 1. The van der Waals surface area contributed by atoms with Crippen molar-refractivity contribution < 1.29 is 0 Å². The van der Waals surface area contributed by atoms with Crippen LogP contribution in [-0.2, 0) is 5.41 Å². The van der Waals surface area contributed by atoms with Gasteiger partial charge in [-0.1, -0.05) is 57.3 Å². The minimum absolute atomic E-state index is 0.166. The minimum atomic E-state index is -0.166. The summed E-state index contributed by atoms with van der Waals surface area (Å²) in [5.74, 6) is 0. The molecule has 3 rings (SSSR count). The number of nitrogens with zero attached hydrogens (tertiary/aromatic N) is 1. The maximum Gasteiger partial charge on any atom is 0.133 e. The van der Waals surface area contributed by atoms with E-state index in [0.717, 1.165) is 42.2 Å². The zero-order valence-corrected chi connectivity index (χ0v) is 13.8. The smallest absolute Gasteiger partial charge is 0.133 e. The molecule has 2 heterocycles. The summed E-state index contributed by atoms with van der Waals surface area (Å²) >= 11 is 5.52. The fourth-order valence-corrected chi connectivity index (χ4v) is 3.32. The molecule has 1 fully saturated rings. The number of rotatable bonds is 1. The topological polar surface area (TPSA) is 36.4 Å². The van der Waals surface area contributed by atoms with Gasteiger partial charge in [-0.2, -0.15) is 0 Å². The van der Waals surface area contributed by atoms with Crippen molar-refractivity contribution >= 4 is 22.9 Å². The minimum Gasteiger partial charge on any atom is -0.350 e. The van der Waals surface area contributed by atoms with Crippen molar-refractivity contribution in [3.63, 3.8) is 0 Å². The normalized spacial score (nSPS) is 21.3. The van der Waals surface area contributed by atoms with Gasteiger partial charge in [0.25, 0.3) is 0 Å². The van der Waals surface area contributed by atoms with Crippen LogP contribution in [0, 0.1) is 0 Å². The van der Waals surface area contributed by atoms with E-state index in [1.54, 1.807) is 0 Å². The lowest BCUT2D eigenvalue weighted by Crippen LogP contribution is -2.49. The molecule has 4 heteroatoms. The van der Waals surface area contributed by atoms with E-state index in [1.165, 1.54) is 5.56 Å². The lowest BCUT2D eigenvalue weighted by atomic mass is 9.86. The molecule has 21 heavy (non-hydrogen) atoms. The average Bonchev–Trinajstić information content (AvgIpc) is 2.75. The van der Waals surface area contributed by atoms with Crippen LogP contribution in [0.1, 0.15) is 44.7 Å². The van der Waals surface area contributed by atoms with E-state index in [1.807, 2.05) is 0 Å². The number of hydrogen-bond acceptors (Lipinski definition) is 3. The number of piperidine rings is 1. The predicted octanol–water partition coefficient (Wildman–Crippen LogP) is 2.78. The Morgan fingerprint density at radius 3 is 2.29 bits per heavy atom. The first-order chi connectivity index (χ1) is 9.90. The van der Waals surface area contributed by atoms with Crippen LogP contribution >= 0.6 is 12.2 Å². The molecule has 2 aliphatic heterocycles. The molecule has 1 saturated heterocycles. The van der Waals surface area contributed by atoms with Crippen molar-refractivity contribution in [2.24, 2.45) is 4.99 Å². The van der Waals surface area contributed by atoms with Gasteiger partial charge in [-0.05, 0) is 24.1 Å². The van der Waals surface area contributed by atoms with Gasteiger partial charge in [-0.15, -0.1) is 0 Å². The van der Waals surface area contributed by atoms with Crippen LogP contribution in [0.5, 0.6) is 0 Å². The average molecular weight is 301 g/mol. The van der Waals surface area contributed by atoms with Gasteiger partial charge in [-0.3, -0.25) is 4.99 Å². The monoisotopic (exact) mass is 301 g/mol. The Morgan fingerprint density at radius 1 is 1.10 bits per heavy atom. The second-order valence-corrected chi connectivity index (χ2v) is 7.43. The van der Waals surface area contributed by atoms with Crippen LogP contribution in [0.3, 0.4) is 0 Å². The highest BCUT2D eigenvalue weighted by atomic mass is 32.1. The SMILES string of the molecule is CC(C)(C)c1ccc(C2=NC3(CCNCC3)NC2=S)cc1. The molecule has 0 aliphatic carbocycles. The van der Waals surface area contributed by atoms with Crippen molar-refractivity contribution in [3.8, 4) is 0 Å². The van der Waals surface area contributed by atoms with Gasteiger partial charge in [0.05, 0.1) is 0 Å². The molecule has 0 radical (unpaired) electrons. The van der Waals surface area contributed by atoms with E-state index < -0.39 is 0 Å². The Morgan fingerprint density at radius 2 is 1.71 bits per heavy atom. The summed E-state index contributed by atoms with van der Waals surface area (Å²) in [4.78, 5) is 5.74. The zero-order chi connectivity index (χ0) is 15.1. The second-order valence-electron chi connectivity index (χ2n) is 7.02. The third kappa shape index (κ3) is 2.87. The molecule has 0 atom stereocenters. The van der Waals surface area contributed by atoms with Crippen LogP contribution in [0.25, 0.3) is 0 Å². The highest BCUT2D eigenvalue weighted by molar-refractivity contribution is 7.82. The zero-order valence-electron chi connectivity index (χ0n) is 13.0. The molecule has 0 unspecified atom stereocenters. The summed E-state index contributed by atoms with van der Waals surface area (Å²) < 4.78 is 0. The molecule has 2 N–H and O–H groups in total. The Balaban J connectivity index is 1.89. The Hall–Kier alpha value is -1.26. The van der Waals surface area contributed by atoms with E-state index in [9.17, 15) is 0 Å². The first-order valence-electron chi connectivity index (χ1n) is 7.64. The van der Waals surface area contributed by atoms with Gasteiger partial charge >= 0.3 is 0 Å². The van der Waals surface area contributed by atoms with Crippen molar-refractivity contribution in [1.82, 2.24) is 10.6 Å². The van der Waals surface area contributed by atoms with Crippen molar-refractivity contribution in [2.45, 2.75) is 44.7 Å². The largest absolute Gasteiger partial charge is 0.350 e. The van der Waals surface area contributed by atoms with Gasteiger partial charge in [0, 0.05) is 18.4 Å². The highest BCUT2D eigenvalue weighted by Crippen LogP contribution is 2.28. The molecule has 0 amide bonds. The molecule has 1 aromatic carbocycles. The number of hydrogen-bond donors (Lipinski definition) is 2. The van der Waals surface area contributed by atoms with Gasteiger partial charge in [-0.25, -0.2) is 0 Å². The molecule has 112 valence electrons. The van der Waals surface area contributed by atoms with Gasteiger partial charge in [0.15, 0.2) is 0 Å². The summed E-state index contributed by atoms with van der Waals surface area (Å²) in [6.07, 6.45) is 1.99. The maximum absolute atomic E-state index is 5.52. The molecular formula is C17H23N3S. The molecule has 2 aliphatic rings. The van der Waals surface area contributed by atoms with Crippen LogP contribution in [-0.4, -0.2) is 29.5 Å². The summed E-state index contributed by atoms with van der Waals surface area (Å²) in [6, 6.07) is 8.67. The molecule has 0 saturated carbocycles. The van der Waals surface area contributed by atoms with Crippen molar-refractivity contribution in [1.29, 1.82) is 0 Å². The molecule has 1 spiro atoms. The lowest BCUT2D eigenvalue weighted by molar-refractivity contribution is 0.300. The van der Waals surface area contributed by atoms with Crippen molar-refractivity contribution in [3.05, 3.63) is 35.4 Å². The van der Waals surface area contributed by atoms with E-state index in [-0.39, 0.29) is 11.1 Å². The van der Waals surface area contributed by atoms with E-state index >= 15 is 0 Å². The quantitative estimate of drug-likeness (QED) is 0.783. The van der Waals surface area contributed by atoms with E-state index in [2.05, 4.69) is 55.7 Å². The van der Waals surface area contributed by atoms with Crippen LogP contribution in [0.4, 0.5) is 0 Å². The van der Waals surface area contributed by atoms with E-state index in [4.69, 9.17) is 17.2 Å². The summed E-state index contributed by atoms with van der Waals surface area (Å²) in [6.45, 7) is 8.67. The molecule has 1 aromatic rings. The summed E-state index contributed by atoms with van der Waals surface area (Å²) in [7, 11) is 0. The van der Waals surface area contributed by atoms with Gasteiger partial charge in [0.1, 0.15) is 16.4 Å². The number of aliphatic imine (C=N–C) groups is 1. The maximum atomic E-state index is 5.52. The van der Waals surface area contributed by atoms with E-state index in [0.29, 0.717) is 0 Å². The Labute approximate surface area is 132 Å². The van der Waals surface area contributed by atoms with Gasteiger partial charge in [0.2, 0.25) is 0 Å². The fourth-order valence-electron chi connectivity index (χ4n) is 2.96. The second kappa shape index (κ2) is 5.18. The number of nitrogens with one attached hydrogen (secondary N) is 2. The summed E-state index contributed by atoms with van der Waals surface area (Å²) in [5, 5.41) is 6.83. The van der Waals surface area contributed by atoms with Gasteiger partial charge < -0.3 is 10.6 Å². The fraction of sp³-hybridized carbons (Fsp3) is 0.529. The molecule has 3 nitrogen and oxygen atoms in total. The number of thiocarbonyl (C=S) groups is 1. The molecule has 0 bridgehead atoms. The Kier molecular flexibility index (Phi) is 3.62. The molecule has 0 aromatic heterocycles. The summed E-state index contributed by atoms with van der Waals surface area (Å²) in [5.41, 5.74) is 3.41. The first kappa shape index (κ1) is 14.7. The molecular weight excluding hydrogens is 278 g/mol. The van der Waals surface area contributed by atoms with Crippen LogP contribution in [0.15, 0.2) is 29.3 Å². The third-order valence-corrected chi connectivity index (χ3v) is 4.64. The van der Waals surface area contributed by atoms with Crippen molar-refractivity contribution in [2.75, 3.05) is 13.1 Å². The first-order valence-corrected chi connectivity index (χ1v) is 8.05. The highest BCUT2D eigenvalue weighted by Gasteiger charge is 2.38.